The van der Waals surface area contributed by atoms with E-state index in [1.165, 1.54) is 11.3 Å². The van der Waals surface area contributed by atoms with Crippen LogP contribution in [0, 0.1) is 13.8 Å². The summed E-state index contributed by atoms with van der Waals surface area (Å²) in [7, 11) is 0. The van der Waals surface area contributed by atoms with E-state index in [2.05, 4.69) is 5.32 Å². The fourth-order valence-electron chi connectivity index (χ4n) is 2.17. The first-order valence-corrected chi connectivity index (χ1v) is 8.50. The first-order valence-electron chi connectivity index (χ1n) is 6.93. The van der Waals surface area contributed by atoms with Crippen molar-refractivity contribution >= 4 is 51.4 Å². The number of hydrogen-bond donors (Lipinski definition) is 2. The van der Waals surface area contributed by atoms with Crippen LogP contribution in [0.3, 0.4) is 0 Å². The van der Waals surface area contributed by atoms with Crippen molar-refractivity contribution in [2.45, 2.75) is 26.7 Å². The largest absolute Gasteiger partial charge is 0.365 e. The molecule has 1 aromatic carbocycles. The molecule has 122 valence electrons. The summed E-state index contributed by atoms with van der Waals surface area (Å²) in [5.41, 5.74) is 7.42. The van der Waals surface area contributed by atoms with Crippen LogP contribution in [0.4, 0.5) is 5.00 Å². The van der Waals surface area contributed by atoms with Gasteiger partial charge in [0.25, 0.3) is 5.91 Å². The maximum absolute atomic E-state index is 12.1. The molecule has 2 rings (SSSR count). The molecule has 2 aromatic rings. The summed E-state index contributed by atoms with van der Waals surface area (Å²) in [6.45, 7) is 3.70. The number of halogens is 2. The number of primary amides is 1. The summed E-state index contributed by atoms with van der Waals surface area (Å²) in [6.07, 6.45) is 0.729. The fourth-order valence-corrected chi connectivity index (χ4v) is 3.76. The molecule has 0 fully saturated rings. The molecule has 0 bridgehead atoms. The van der Waals surface area contributed by atoms with Crippen LogP contribution < -0.4 is 11.1 Å². The molecule has 23 heavy (non-hydrogen) atoms. The van der Waals surface area contributed by atoms with Crippen molar-refractivity contribution in [3.05, 3.63) is 49.8 Å². The second kappa shape index (κ2) is 7.34. The van der Waals surface area contributed by atoms with Gasteiger partial charge in [-0.05, 0) is 43.5 Å². The average Bonchev–Trinajstić information content (AvgIpc) is 2.72. The van der Waals surface area contributed by atoms with E-state index in [-0.39, 0.29) is 12.3 Å². The highest BCUT2D eigenvalue weighted by Gasteiger charge is 2.18. The number of hydrogen-bond acceptors (Lipinski definition) is 3. The van der Waals surface area contributed by atoms with E-state index < -0.39 is 5.91 Å². The number of thiophene rings is 1. The quantitative estimate of drug-likeness (QED) is 0.821. The Kier molecular flexibility index (Phi) is 5.68. The van der Waals surface area contributed by atoms with Crippen molar-refractivity contribution in [3.8, 4) is 0 Å². The third-order valence-corrected chi connectivity index (χ3v) is 5.23. The van der Waals surface area contributed by atoms with Gasteiger partial charge < -0.3 is 11.1 Å². The normalized spacial score (nSPS) is 10.6. The van der Waals surface area contributed by atoms with Gasteiger partial charge in [-0.1, -0.05) is 29.3 Å². The molecular weight excluding hydrogens is 355 g/mol. The third-order valence-electron chi connectivity index (χ3n) is 3.52. The lowest BCUT2D eigenvalue weighted by atomic mass is 10.1. The Labute approximate surface area is 148 Å². The second-order valence-electron chi connectivity index (χ2n) is 5.14. The lowest BCUT2D eigenvalue weighted by Gasteiger charge is -2.07. The summed E-state index contributed by atoms with van der Waals surface area (Å²) < 4.78 is 0. The topological polar surface area (TPSA) is 72.2 Å². The molecule has 0 unspecified atom stereocenters. The molecular formula is C16H16Cl2N2O2S. The molecule has 0 saturated carbocycles. The molecule has 0 aliphatic carbocycles. The Morgan fingerprint density at radius 2 is 1.96 bits per heavy atom. The maximum Gasteiger partial charge on any atom is 0.251 e. The van der Waals surface area contributed by atoms with Crippen LogP contribution in [0.15, 0.2) is 18.2 Å². The van der Waals surface area contributed by atoms with Crippen LogP contribution in [-0.2, 0) is 11.2 Å². The summed E-state index contributed by atoms with van der Waals surface area (Å²) in [6, 6.07) is 5.18. The summed E-state index contributed by atoms with van der Waals surface area (Å²) in [5, 5.41) is 4.35. The predicted octanol–water partition coefficient (Wildman–Crippen LogP) is 4.34. The van der Waals surface area contributed by atoms with Crippen LogP contribution in [-0.4, -0.2) is 11.8 Å². The van der Waals surface area contributed by atoms with Crippen molar-refractivity contribution in [1.82, 2.24) is 0 Å². The van der Waals surface area contributed by atoms with Crippen LogP contribution >= 0.6 is 34.5 Å². The Hall–Kier alpha value is -1.56. The van der Waals surface area contributed by atoms with E-state index in [0.29, 0.717) is 27.0 Å². The SMILES string of the molecule is Cc1sc(NC(=O)CCc2ccc(Cl)cc2Cl)c(C(N)=O)c1C. The third kappa shape index (κ3) is 4.25. The van der Waals surface area contributed by atoms with Gasteiger partial charge in [0.15, 0.2) is 0 Å². The van der Waals surface area contributed by atoms with Gasteiger partial charge in [-0.15, -0.1) is 11.3 Å². The zero-order valence-corrected chi connectivity index (χ0v) is 15.0. The summed E-state index contributed by atoms with van der Waals surface area (Å²) in [4.78, 5) is 24.6. The number of nitrogens with one attached hydrogen (secondary N) is 1. The van der Waals surface area contributed by atoms with Gasteiger partial charge in [0.2, 0.25) is 5.91 Å². The molecule has 0 spiro atoms. The molecule has 0 aliphatic rings. The van der Waals surface area contributed by atoms with Crippen LogP contribution in [0.25, 0.3) is 0 Å². The Morgan fingerprint density at radius 1 is 1.26 bits per heavy atom. The van der Waals surface area contributed by atoms with Crippen molar-refractivity contribution in [2.75, 3.05) is 5.32 Å². The minimum absolute atomic E-state index is 0.195. The molecule has 2 amide bonds. The van der Waals surface area contributed by atoms with E-state index in [1.54, 1.807) is 18.2 Å². The van der Waals surface area contributed by atoms with Crippen LogP contribution in [0.1, 0.15) is 32.8 Å². The predicted molar refractivity (Wildman–Crippen MR) is 95.7 cm³/mol. The van der Waals surface area contributed by atoms with Crippen molar-refractivity contribution in [1.29, 1.82) is 0 Å². The zero-order chi connectivity index (χ0) is 17.1. The number of carbonyl (C=O) groups excluding carboxylic acids is 2. The van der Waals surface area contributed by atoms with E-state index in [9.17, 15) is 9.59 Å². The second-order valence-corrected chi connectivity index (χ2v) is 7.20. The standard InChI is InChI=1S/C16H16Cl2N2O2S/c1-8-9(2)23-16(14(8)15(19)22)20-13(21)6-4-10-3-5-11(17)7-12(10)18/h3,5,7H,4,6H2,1-2H3,(H2,19,22)(H,20,21). The monoisotopic (exact) mass is 370 g/mol. The van der Waals surface area contributed by atoms with E-state index in [0.717, 1.165) is 16.0 Å². The highest BCUT2D eigenvalue weighted by Crippen LogP contribution is 2.32. The molecule has 0 atom stereocenters. The van der Waals surface area contributed by atoms with Gasteiger partial charge in [-0.3, -0.25) is 9.59 Å². The lowest BCUT2D eigenvalue weighted by molar-refractivity contribution is -0.116. The number of nitrogens with two attached hydrogens (primary N) is 1. The van der Waals surface area contributed by atoms with Crippen LogP contribution in [0.5, 0.6) is 0 Å². The highest BCUT2D eigenvalue weighted by atomic mass is 35.5. The smallest absolute Gasteiger partial charge is 0.251 e. The molecule has 1 aromatic heterocycles. The maximum atomic E-state index is 12.1. The fraction of sp³-hybridized carbons (Fsp3) is 0.250. The van der Waals surface area contributed by atoms with Crippen molar-refractivity contribution in [2.24, 2.45) is 5.73 Å². The highest BCUT2D eigenvalue weighted by molar-refractivity contribution is 7.16. The van der Waals surface area contributed by atoms with E-state index >= 15 is 0 Å². The minimum atomic E-state index is -0.539. The molecule has 4 nitrogen and oxygen atoms in total. The number of benzene rings is 1. The molecule has 0 saturated heterocycles. The average molecular weight is 371 g/mol. The Morgan fingerprint density at radius 3 is 2.57 bits per heavy atom. The molecule has 0 aliphatic heterocycles. The number of rotatable bonds is 5. The van der Waals surface area contributed by atoms with E-state index in [4.69, 9.17) is 28.9 Å². The first-order chi connectivity index (χ1) is 10.8. The van der Waals surface area contributed by atoms with Gasteiger partial charge in [-0.2, -0.15) is 0 Å². The Bertz CT molecular complexity index is 772. The first kappa shape index (κ1) is 17.8. The number of amides is 2. The zero-order valence-electron chi connectivity index (χ0n) is 12.7. The van der Waals surface area contributed by atoms with Crippen molar-refractivity contribution < 1.29 is 9.59 Å². The Balaban J connectivity index is 2.06. The van der Waals surface area contributed by atoms with Crippen molar-refractivity contribution in [3.63, 3.8) is 0 Å². The molecule has 3 N–H and O–H groups in total. The number of carbonyl (C=O) groups is 2. The minimum Gasteiger partial charge on any atom is -0.365 e. The molecule has 1 heterocycles. The van der Waals surface area contributed by atoms with Gasteiger partial charge >= 0.3 is 0 Å². The number of anilines is 1. The lowest BCUT2D eigenvalue weighted by Crippen LogP contribution is -2.17. The van der Waals surface area contributed by atoms with Gasteiger partial charge in [0.05, 0.1) is 5.56 Å². The van der Waals surface area contributed by atoms with E-state index in [1.807, 2.05) is 13.8 Å². The van der Waals surface area contributed by atoms with Gasteiger partial charge in [0.1, 0.15) is 5.00 Å². The summed E-state index contributed by atoms with van der Waals surface area (Å²) in [5.74, 6) is -0.734. The van der Waals surface area contributed by atoms with Crippen LogP contribution in [0.2, 0.25) is 10.0 Å². The summed E-state index contributed by atoms with van der Waals surface area (Å²) >= 11 is 13.3. The van der Waals surface area contributed by atoms with Gasteiger partial charge in [0, 0.05) is 21.3 Å². The number of aryl methyl sites for hydroxylation is 2. The molecule has 0 radical (unpaired) electrons. The van der Waals surface area contributed by atoms with Gasteiger partial charge in [-0.25, -0.2) is 0 Å². The molecule has 7 heteroatoms.